The molecule has 0 aromatic heterocycles. The first-order chi connectivity index (χ1) is 9.72. The molecule has 2 N–H and O–H groups in total. The Bertz CT molecular complexity index is 447. The molecular formula is C16H23NO3. The van der Waals surface area contributed by atoms with Crippen LogP contribution in [0.15, 0.2) is 24.3 Å². The number of aliphatic hydroxyl groups is 1. The van der Waals surface area contributed by atoms with Crippen molar-refractivity contribution in [2.45, 2.75) is 44.8 Å². The van der Waals surface area contributed by atoms with E-state index in [4.69, 9.17) is 4.74 Å². The zero-order valence-corrected chi connectivity index (χ0v) is 12.0. The number of carbonyl (C=O) groups is 1. The zero-order valence-electron chi connectivity index (χ0n) is 12.0. The van der Waals surface area contributed by atoms with Gasteiger partial charge in [0.25, 0.3) is 0 Å². The van der Waals surface area contributed by atoms with Crippen molar-refractivity contribution in [3.63, 3.8) is 0 Å². The van der Waals surface area contributed by atoms with Crippen LogP contribution in [0.2, 0.25) is 0 Å². The van der Waals surface area contributed by atoms with Crippen LogP contribution >= 0.6 is 0 Å². The van der Waals surface area contributed by atoms with Crippen LogP contribution in [0.5, 0.6) is 0 Å². The smallest absolute Gasteiger partial charge is 0.246 e. The predicted molar refractivity (Wildman–Crippen MR) is 77.4 cm³/mol. The van der Waals surface area contributed by atoms with Gasteiger partial charge in [0.2, 0.25) is 5.91 Å². The Hall–Kier alpha value is -1.39. The van der Waals surface area contributed by atoms with Crippen LogP contribution in [-0.2, 0) is 16.0 Å². The third-order valence-electron chi connectivity index (χ3n) is 3.65. The fraction of sp³-hybridized carbons (Fsp3) is 0.562. The van der Waals surface area contributed by atoms with E-state index in [9.17, 15) is 9.90 Å². The van der Waals surface area contributed by atoms with E-state index >= 15 is 0 Å². The molecule has 1 aliphatic carbocycles. The molecule has 0 heterocycles. The monoisotopic (exact) mass is 277 g/mol. The molecule has 1 aromatic carbocycles. The third kappa shape index (κ3) is 3.81. The Morgan fingerprint density at radius 1 is 1.40 bits per heavy atom. The van der Waals surface area contributed by atoms with Crippen LogP contribution in [0.25, 0.3) is 0 Å². The summed E-state index contributed by atoms with van der Waals surface area (Å²) < 4.78 is 5.34. The molecule has 4 heteroatoms. The van der Waals surface area contributed by atoms with Gasteiger partial charge in [-0.1, -0.05) is 44.0 Å². The molecule has 4 nitrogen and oxygen atoms in total. The first kappa shape index (κ1) is 15.0. The van der Waals surface area contributed by atoms with Crippen LogP contribution in [0.1, 0.15) is 43.4 Å². The Kier molecular flexibility index (Phi) is 5.56. The molecule has 2 rings (SSSR count). The standard InChI is InChI=1S/C16H23NO3/c1-2-3-6-9-20-11-15(19)17-16-13-8-5-4-7-12(13)10-14(16)18/h4-5,7-8,14,16,18H,2-3,6,9-11H2,1H3,(H,17,19). The van der Waals surface area contributed by atoms with E-state index in [2.05, 4.69) is 12.2 Å². The number of unbranched alkanes of at least 4 members (excludes halogenated alkanes) is 2. The summed E-state index contributed by atoms with van der Waals surface area (Å²) >= 11 is 0. The van der Waals surface area contributed by atoms with Crippen LogP contribution in [0, 0.1) is 0 Å². The van der Waals surface area contributed by atoms with Gasteiger partial charge in [-0.3, -0.25) is 4.79 Å². The first-order valence-corrected chi connectivity index (χ1v) is 7.35. The topological polar surface area (TPSA) is 58.6 Å². The van der Waals surface area contributed by atoms with E-state index < -0.39 is 6.10 Å². The van der Waals surface area contributed by atoms with Gasteiger partial charge in [-0.2, -0.15) is 0 Å². The van der Waals surface area contributed by atoms with Crippen molar-refractivity contribution < 1.29 is 14.6 Å². The van der Waals surface area contributed by atoms with E-state index in [1.54, 1.807) is 0 Å². The Morgan fingerprint density at radius 2 is 2.20 bits per heavy atom. The molecule has 0 bridgehead atoms. The number of aliphatic hydroxyl groups excluding tert-OH is 1. The fourth-order valence-corrected chi connectivity index (χ4v) is 2.58. The summed E-state index contributed by atoms with van der Waals surface area (Å²) in [6.45, 7) is 2.81. The molecule has 0 saturated heterocycles. The molecule has 0 spiro atoms. The molecule has 0 aliphatic heterocycles. The molecule has 0 radical (unpaired) electrons. The van der Waals surface area contributed by atoms with E-state index in [1.165, 1.54) is 0 Å². The lowest BCUT2D eigenvalue weighted by Gasteiger charge is -2.18. The van der Waals surface area contributed by atoms with Crippen molar-refractivity contribution >= 4 is 5.91 Å². The summed E-state index contributed by atoms with van der Waals surface area (Å²) in [5.41, 5.74) is 2.12. The fourth-order valence-electron chi connectivity index (χ4n) is 2.58. The highest BCUT2D eigenvalue weighted by atomic mass is 16.5. The largest absolute Gasteiger partial charge is 0.390 e. The Labute approximate surface area is 120 Å². The lowest BCUT2D eigenvalue weighted by atomic mass is 10.1. The number of benzene rings is 1. The zero-order chi connectivity index (χ0) is 14.4. The number of ether oxygens (including phenoxy) is 1. The van der Waals surface area contributed by atoms with Gasteiger partial charge < -0.3 is 15.2 Å². The number of nitrogens with one attached hydrogen (secondary N) is 1. The van der Waals surface area contributed by atoms with Crippen LogP contribution in [-0.4, -0.2) is 30.3 Å². The maximum Gasteiger partial charge on any atom is 0.246 e. The molecule has 2 atom stereocenters. The van der Waals surface area contributed by atoms with Gasteiger partial charge in [-0.05, 0) is 17.5 Å². The maximum atomic E-state index is 11.8. The van der Waals surface area contributed by atoms with Gasteiger partial charge in [0.05, 0.1) is 12.1 Å². The Morgan fingerprint density at radius 3 is 3.00 bits per heavy atom. The highest BCUT2D eigenvalue weighted by Crippen LogP contribution is 2.30. The summed E-state index contributed by atoms with van der Waals surface area (Å²) in [5.74, 6) is -0.165. The summed E-state index contributed by atoms with van der Waals surface area (Å²) in [4.78, 5) is 11.8. The summed E-state index contributed by atoms with van der Waals surface area (Å²) in [7, 11) is 0. The maximum absolute atomic E-state index is 11.8. The first-order valence-electron chi connectivity index (χ1n) is 7.35. The average Bonchev–Trinajstić information content (AvgIpc) is 2.75. The van der Waals surface area contributed by atoms with Gasteiger partial charge >= 0.3 is 0 Å². The quantitative estimate of drug-likeness (QED) is 0.749. The number of amides is 1. The molecule has 1 amide bonds. The minimum absolute atomic E-state index is 0.0646. The highest BCUT2D eigenvalue weighted by Gasteiger charge is 2.31. The highest BCUT2D eigenvalue weighted by molar-refractivity contribution is 5.78. The Balaban J connectivity index is 1.80. The van der Waals surface area contributed by atoms with Crippen molar-refractivity contribution in [1.29, 1.82) is 0 Å². The second kappa shape index (κ2) is 7.41. The lowest BCUT2D eigenvalue weighted by molar-refractivity contribution is -0.127. The van der Waals surface area contributed by atoms with Gasteiger partial charge in [-0.15, -0.1) is 0 Å². The minimum Gasteiger partial charge on any atom is -0.390 e. The van der Waals surface area contributed by atoms with Crippen molar-refractivity contribution in [2.75, 3.05) is 13.2 Å². The number of rotatable bonds is 7. The van der Waals surface area contributed by atoms with Crippen molar-refractivity contribution in [3.05, 3.63) is 35.4 Å². The van der Waals surface area contributed by atoms with E-state index in [0.29, 0.717) is 13.0 Å². The van der Waals surface area contributed by atoms with Gasteiger partial charge in [0, 0.05) is 13.0 Å². The minimum atomic E-state index is -0.545. The normalized spacial score (nSPS) is 20.7. The number of hydrogen-bond acceptors (Lipinski definition) is 3. The van der Waals surface area contributed by atoms with Crippen molar-refractivity contribution in [2.24, 2.45) is 0 Å². The summed E-state index contributed by atoms with van der Waals surface area (Å²) in [5, 5.41) is 12.9. The molecule has 110 valence electrons. The number of fused-ring (bicyclic) bond motifs is 1. The lowest BCUT2D eigenvalue weighted by Crippen LogP contribution is -2.36. The molecule has 20 heavy (non-hydrogen) atoms. The van der Waals surface area contributed by atoms with Crippen molar-refractivity contribution in [1.82, 2.24) is 5.32 Å². The summed E-state index contributed by atoms with van der Waals surface area (Å²) in [6.07, 6.45) is 3.30. The van der Waals surface area contributed by atoms with Crippen LogP contribution < -0.4 is 5.32 Å². The molecule has 1 aliphatic rings. The van der Waals surface area contributed by atoms with Gasteiger partial charge in [0.1, 0.15) is 6.61 Å². The third-order valence-corrected chi connectivity index (χ3v) is 3.65. The van der Waals surface area contributed by atoms with Crippen molar-refractivity contribution in [3.8, 4) is 0 Å². The van der Waals surface area contributed by atoms with E-state index in [-0.39, 0.29) is 18.6 Å². The molecule has 0 saturated carbocycles. The molecule has 2 unspecified atom stereocenters. The number of hydrogen-bond donors (Lipinski definition) is 2. The SMILES string of the molecule is CCCCCOCC(=O)NC1c2ccccc2CC1O. The predicted octanol–water partition coefficient (Wildman–Crippen LogP) is 1.97. The summed E-state index contributed by atoms with van der Waals surface area (Å²) in [6, 6.07) is 7.52. The second-order valence-electron chi connectivity index (χ2n) is 5.28. The van der Waals surface area contributed by atoms with Crippen LogP contribution in [0.4, 0.5) is 0 Å². The molecule has 0 fully saturated rings. The second-order valence-corrected chi connectivity index (χ2v) is 5.28. The van der Waals surface area contributed by atoms with Gasteiger partial charge in [-0.25, -0.2) is 0 Å². The van der Waals surface area contributed by atoms with E-state index in [0.717, 1.165) is 30.4 Å². The average molecular weight is 277 g/mol. The van der Waals surface area contributed by atoms with Crippen LogP contribution in [0.3, 0.4) is 0 Å². The van der Waals surface area contributed by atoms with E-state index in [1.807, 2.05) is 24.3 Å². The molecular weight excluding hydrogens is 254 g/mol. The van der Waals surface area contributed by atoms with Gasteiger partial charge in [0.15, 0.2) is 0 Å². The molecule has 1 aromatic rings. The number of carbonyl (C=O) groups excluding carboxylic acids is 1.